The molecule has 0 amide bonds. The Bertz CT molecular complexity index is 552. The normalized spacial score (nSPS) is 9.89. The van der Waals surface area contributed by atoms with Crippen LogP contribution in [0.1, 0.15) is 10.4 Å². The molecule has 0 spiro atoms. The molecule has 0 radical (unpaired) electrons. The second-order valence-electron chi connectivity index (χ2n) is 3.68. The highest BCUT2D eigenvalue weighted by Gasteiger charge is 2.10. The summed E-state index contributed by atoms with van der Waals surface area (Å²) in [6, 6.07) is 9.01. The Morgan fingerprint density at radius 2 is 2.00 bits per heavy atom. The second-order valence-corrected chi connectivity index (χ2v) is 3.68. The highest BCUT2D eigenvalue weighted by Crippen LogP contribution is 2.25. The van der Waals surface area contributed by atoms with Crippen LogP contribution in [0.3, 0.4) is 0 Å². The van der Waals surface area contributed by atoms with Crippen LogP contribution < -0.4 is 4.74 Å². The molecule has 0 unspecified atom stereocenters. The average Bonchev–Trinajstić information content (AvgIpc) is 2.46. The summed E-state index contributed by atoms with van der Waals surface area (Å²) in [5, 5.41) is 0. The van der Waals surface area contributed by atoms with Gasteiger partial charge in [0.15, 0.2) is 0 Å². The third kappa shape index (κ3) is 2.48. The average molecular weight is 243 g/mol. The Balaban J connectivity index is 2.51. The second kappa shape index (κ2) is 5.31. The van der Waals surface area contributed by atoms with Gasteiger partial charge in [-0.05, 0) is 29.8 Å². The Morgan fingerprint density at radius 1 is 1.17 bits per heavy atom. The lowest BCUT2D eigenvalue weighted by Crippen LogP contribution is -2.02. The van der Waals surface area contributed by atoms with Crippen molar-refractivity contribution in [3.8, 4) is 16.9 Å². The predicted octanol–water partition coefficient (Wildman–Crippen LogP) is 2.54. The summed E-state index contributed by atoms with van der Waals surface area (Å²) in [5.41, 5.74) is 2.24. The van der Waals surface area contributed by atoms with Crippen molar-refractivity contribution in [2.24, 2.45) is 0 Å². The van der Waals surface area contributed by atoms with E-state index in [0.717, 1.165) is 11.1 Å². The molecule has 2 aromatic rings. The van der Waals surface area contributed by atoms with Crippen LogP contribution in [0.5, 0.6) is 5.75 Å². The molecule has 18 heavy (non-hydrogen) atoms. The third-order valence-corrected chi connectivity index (χ3v) is 2.56. The number of aromatic nitrogens is 1. The van der Waals surface area contributed by atoms with Crippen molar-refractivity contribution in [2.75, 3.05) is 14.2 Å². The quantitative estimate of drug-likeness (QED) is 0.777. The molecule has 4 nitrogen and oxygen atoms in total. The molecule has 1 aromatic heterocycles. The first-order valence-corrected chi connectivity index (χ1v) is 5.42. The maximum Gasteiger partial charge on any atom is 0.338 e. The van der Waals surface area contributed by atoms with Crippen molar-refractivity contribution >= 4 is 5.97 Å². The van der Waals surface area contributed by atoms with Crippen molar-refractivity contribution < 1.29 is 14.3 Å². The van der Waals surface area contributed by atoms with E-state index in [1.165, 1.54) is 7.11 Å². The monoisotopic (exact) mass is 243 g/mol. The molecule has 0 bridgehead atoms. The standard InChI is InChI=1S/C14H13NO3/c1-17-13-7-11(10-4-3-5-15-9-10)6-12(8-13)14(16)18-2/h3-9H,1-2H3. The number of rotatable bonds is 3. The molecule has 0 saturated heterocycles. The molecule has 0 aliphatic carbocycles. The fourth-order valence-electron chi connectivity index (χ4n) is 1.65. The Hall–Kier alpha value is -2.36. The zero-order valence-corrected chi connectivity index (χ0v) is 10.2. The molecule has 1 aromatic carbocycles. The van der Waals surface area contributed by atoms with E-state index >= 15 is 0 Å². The van der Waals surface area contributed by atoms with Crippen molar-refractivity contribution in [2.45, 2.75) is 0 Å². The summed E-state index contributed by atoms with van der Waals surface area (Å²) >= 11 is 0. The van der Waals surface area contributed by atoms with Crippen molar-refractivity contribution in [3.63, 3.8) is 0 Å². The topological polar surface area (TPSA) is 48.4 Å². The van der Waals surface area contributed by atoms with Crippen LogP contribution in [0.15, 0.2) is 42.7 Å². The van der Waals surface area contributed by atoms with Gasteiger partial charge in [-0.2, -0.15) is 0 Å². The fraction of sp³-hybridized carbons (Fsp3) is 0.143. The van der Waals surface area contributed by atoms with Gasteiger partial charge in [-0.3, -0.25) is 4.98 Å². The van der Waals surface area contributed by atoms with E-state index in [-0.39, 0.29) is 5.97 Å². The first-order chi connectivity index (χ1) is 8.74. The van der Waals surface area contributed by atoms with E-state index in [9.17, 15) is 4.79 Å². The number of carbonyl (C=O) groups excluding carboxylic acids is 1. The molecule has 4 heteroatoms. The first-order valence-electron chi connectivity index (χ1n) is 5.42. The van der Waals surface area contributed by atoms with E-state index < -0.39 is 0 Å². The van der Waals surface area contributed by atoms with Crippen LogP contribution in [-0.2, 0) is 4.74 Å². The maximum absolute atomic E-state index is 11.6. The lowest BCUT2D eigenvalue weighted by atomic mass is 10.0. The predicted molar refractivity (Wildman–Crippen MR) is 67.6 cm³/mol. The molecule has 2 rings (SSSR count). The van der Waals surface area contributed by atoms with Gasteiger partial charge in [-0.15, -0.1) is 0 Å². The van der Waals surface area contributed by atoms with Crippen LogP contribution in [0, 0.1) is 0 Å². The van der Waals surface area contributed by atoms with Crippen LogP contribution >= 0.6 is 0 Å². The summed E-state index contributed by atoms with van der Waals surface area (Å²) in [4.78, 5) is 15.6. The maximum atomic E-state index is 11.6. The Kier molecular flexibility index (Phi) is 3.57. The number of esters is 1. The molecule has 0 N–H and O–H groups in total. The minimum Gasteiger partial charge on any atom is -0.497 e. The van der Waals surface area contributed by atoms with E-state index in [0.29, 0.717) is 11.3 Å². The van der Waals surface area contributed by atoms with Crippen LogP contribution in [-0.4, -0.2) is 25.2 Å². The van der Waals surface area contributed by atoms with Gasteiger partial charge in [0.05, 0.1) is 19.8 Å². The lowest BCUT2D eigenvalue weighted by molar-refractivity contribution is 0.0600. The molecular weight excluding hydrogens is 230 g/mol. The van der Waals surface area contributed by atoms with Gasteiger partial charge in [-0.1, -0.05) is 6.07 Å². The van der Waals surface area contributed by atoms with Gasteiger partial charge in [0, 0.05) is 18.0 Å². The van der Waals surface area contributed by atoms with E-state index in [1.54, 1.807) is 31.6 Å². The number of pyridine rings is 1. The number of nitrogens with zero attached hydrogens (tertiary/aromatic N) is 1. The number of hydrogen-bond acceptors (Lipinski definition) is 4. The smallest absolute Gasteiger partial charge is 0.338 e. The van der Waals surface area contributed by atoms with Gasteiger partial charge in [0.25, 0.3) is 0 Å². The molecule has 0 saturated carbocycles. The highest BCUT2D eigenvalue weighted by atomic mass is 16.5. The van der Waals surface area contributed by atoms with E-state index in [4.69, 9.17) is 9.47 Å². The minimum absolute atomic E-state index is 0.390. The van der Waals surface area contributed by atoms with Gasteiger partial charge in [-0.25, -0.2) is 4.79 Å². The fourth-order valence-corrected chi connectivity index (χ4v) is 1.65. The van der Waals surface area contributed by atoms with Gasteiger partial charge in [0.1, 0.15) is 5.75 Å². The van der Waals surface area contributed by atoms with Crippen molar-refractivity contribution in [3.05, 3.63) is 48.3 Å². The summed E-state index contributed by atoms with van der Waals surface area (Å²) in [7, 11) is 2.91. The molecule has 0 aliphatic rings. The van der Waals surface area contributed by atoms with E-state index in [1.807, 2.05) is 18.2 Å². The zero-order chi connectivity index (χ0) is 13.0. The Morgan fingerprint density at radius 3 is 2.61 bits per heavy atom. The summed E-state index contributed by atoms with van der Waals surface area (Å²) < 4.78 is 9.90. The van der Waals surface area contributed by atoms with Crippen LogP contribution in [0.25, 0.3) is 11.1 Å². The molecular formula is C14H13NO3. The highest BCUT2D eigenvalue weighted by molar-refractivity contribution is 5.91. The first kappa shape index (κ1) is 12.1. The lowest BCUT2D eigenvalue weighted by Gasteiger charge is -2.08. The molecule has 0 aliphatic heterocycles. The number of methoxy groups -OCH3 is 2. The molecule has 92 valence electrons. The minimum atomic E-state index is -0.390. The Labute approximate surface area is 105 Å². The van der Waals surface area contributed by atoms with Gasteiger partial charge < -0.3 is 9.47 Å². The largest absolute Gasteiger partial charge is 0.497 e. The van der Waals surface area contributed by atoms with Gasteiger partial charge in [0.2, 0.25) is 0 Å². The van der Waals surface area contributed by atoms with Gasteiger partial charge >= 0.3 is 5.97 Å². The zero-order valence-electron chi connectivity index (χ0n) is 10.2. The van der Waals surface area contributed by atoms with Crippen LogP contribution in [0.2, 0.25) is 0 Å². The summed E-state index contributed by atoms with van der Waals surface area (Å²) in [6.07, 6.45) is 3.43. The van der Waals surface area contributed by atoms with Crippen molar-refractivity contribution in [1.29, 1.82) is 0 Å². The summed E-state index contributed by atoms with van der Waals surface area (Å²) in [5.74, 6) is 0.218. The van der Waals surface area contributed by atoms with Crippen LogP contribution in [0.4, 0.5) is 0 Å². The molecule has 0 fully saturated rings. The number of ether oxygens (including phenoxy) is 2. The molecule has 0 atom stereocenters. The van der Waals surface area contributed by atoms with Crippen molar-refractivity contribution in [1.82, 2.24) is 4.98 Å². The van der Waals surface area contributed by atoms with E-state index in [2.05, 4.69) is 4.98 Å². The molecule has 1 heterocycles. The third-order valence-electron chi connectivity index (χ3n) is 2.56. The number of benzene rings is 1. The number of carbonyl (C=O) groups is 1. The summed E-state index contributed by atoms with van der Waals surface area (Å²) in [6.45, 7) is 0. The SMILES string of the molecule is COC(=O)c1cc(OC)cc(-c2cccnc2)c1. The number of hydrogen-bond donors (Lipinski definition) is 0.